The lowest BCUT2D eigenvalue weighted by Gasteiger charge is -2.04. The average molecular weight is 333 g/mol. The first-order valence-electron chi connectivity index (χ1n) is 7.80. The van der Waals surface area contributed by atoms with Gasteiger partial charge in [-0.1, -0.05) is 18.2 Å². The number of nitrogens with zero attached hydrogens (tertiary/aromatic N) is 4. The summed E-state index contributed by atoms with van der Waals surface area (Å²) in [5.74, 6) is 0.999. The largest absolute Gasteiger partial charge is 0.441 e. The van der Waals surface area contributed by atoms with Crippen LogP contribution in [0.3, 0.4) is 0 Å². The minimum atomic E-state index is -0.163. The Balaban J connectivity index is 1.50. The van der Waals surface area contributed by atoms with Gasteiger partial charge in [0.1, 0.15) is 12.1 Å². The molecule has 0 fully saturated rings. The Morgan fingerprint density at radius 1 is 1.20 bits per heavy atom. The van der Waals surface area contributed by atoms with Crippen molar-refractivity contribution in [3.05, 3.63) is 66.4 Å². The first-order chi connectivity index (χ1) is 12.2. The molecule has 25 heavy (non-hydrogen) atoms. The molecule has 3 heterocycles. The molecule has 0 bridgehead atoms. The number of oxazole rings is 1. The lowest BCUT2D eigenvalue weighted by molar-refractivity contribution is -0.115. The summed E-state index contributed by atoms with van der Waals surface area (Å²) in [6.07, 6.45) is 3.49. The number of anilines is 1. The van der Waals surface area contributed by atoms with Gasteiger partial charge in [-0.3, -0.25) is 9.20 Å². The predicted octanol–water partition coefficient (Wildman–Crippen LogP) is 2.87. The van der Waals surface area contributed by atoms with Crippen LogP contribution in [0.5, 0.6) is 0 Å². The van der Waals surface area contributed by atoms with Crippen LogP contribution in [-0.2, 0) is 11.2 Å². The van der Waals surface area contributed by atoms with Crippen molar-refractivity contribution in [2.24, 2.45) is 0 Å². The van der Waals surface area contributed by atoms with Gasteiger partial charge in [0.05, 0.1) is 17.8 Å². The summed E-state index contributed by atoms with van der Waals surface area (Å²) >= 11 is 0. The highest BCUT2D eigenvalue weighted by Gasteiger charge is 2.15. The molecule has 0 saturated heterocycles. The Bertz CT molecular complexity index is 1040. The average Bonchev–Trinajstić information content (AvgIpc) is 3.22. The molecule has 1 aromatic carbocycles. The molecule has 4 aromatic rings. The van der Waals surface area contributed by atoms with E-state index in [9.17, 15) is 4.79 Å². The van der Waals surface area contributed by atoms with Crippen LogP contribution < -0.4 is 5.32 Å². The van der Waals surface area contributed by atoms with Crippen LogP contribution in [-0.4, -0.2) is 25.5 Å². The summed E-state index contributed by atoms with van der Waals surface area (Å²) in [5, 5.41) is 10.6. The number of amides is 1. The van der Waals surface area contributed by atoms with Gasteiger partial charge in [-0.2, -0.15) is 0 Å². The lowest BCUT2D eigenvalue weighted by atomic mass is 10.2. The number of hydrogen-bond donors (Lipinski definition) is 1. The first kappa shape index (κ1) is 15.1. The molecule has 124 valence electrons. The number of fused-ring (bicyclic) bond motifs is 1. The molecule has 0 radical (unpaired) electrons. The first-order valence-corrected chi connectivity index (χ1v) is 7.80. The van der Waals surface area contributed by atoms with Crippen molar-refractivity contribution in [2.45, 2.75) is 13.3 Å². The molecular weight excluding hydrogens is 318 g/mol. The number of hydrogen-bond acceptors (Lipinski definition) is 5. The molecule has 0 aliphatic heterocycles. The molecule has 0 saturated carbocycles. The minimum absolute atomic E-state index is 0.141. The van der Waals surface area contributed by atoms with Crippen molar-refractivity contribution in [3.63, 3.8) is 0 Å². The molecule has 3 aromatic heterocycles. The van der Waals surface area contributed by atoms with Crippen LogP contribution in [0.15, 0.2) is 59.4 Å². The Labute approximate surface area is 143 Å². The number of nitrogens with one attached hydrogen (secondary N) is 1. The topological polar surface area (TPSA) is 85.3 Å². The fourth-order valence-electron chi connectivity index (χ4n) is 2.55. The van der Waals surface area contributed by atoms with Gasteiger partial charge in [-0.05, 0) is 31.2 Å². The maximum absolute atomic E-state index is 12.3. The molecule has 0 aliphatic carbocycles. The summed E-state index contributed by atoms with van der Waals surface area (Å²) < 4.78 is 7.43. The maximum Gasteiger partial charge on any atom is 0.230 e. The quantitative estimate of drug-likeness (QED) is 0.621. The number of rotatable bonds is 4. The van der Waals surface area contributed by atoms with E-state index in [1.54, 1.807) is 29.1 Å². The highest BCUT2D eigenvalue weighted by atomic mass is 16.4. The van der Waals surface area contributed by atoms with Crippen LogP contribution in [0.2, 0.25) is 0 Å². The Morgan fingerprint density at radius 2 is 2.04 bits per heavy atom. The van der Waals surface area contributed by atoms with Crippen molar-refractivity contribution in [3.8, 4) is 11.5 Å². The predicted molar refractivity (Wildman–Crippen MR) is 92.0 cm³/mol. The monoisotopic (exact) mass is 333 g/mol. The van der Waals surface area contributed by atoms with Gasteiger partial charge >= 0.3 is 0 Å². The Hall–Kier alpha value is -3.48. The number of aromatic nitrogens is 4. The van der Waals surface area contributed by atoms with Gasteiger partial charge in [0.2, 0.25) is 11.8 Å². The molecule has 1 amide bonds. The molecule has 7 nitrogen and oxygen atoms in total. The van der Waals surface area contributed by atoms with E-state index < -0.39 is 0 Å². The van der Waals surface area contributed by atoms with Gasteiger partial charge in [0.15, 0.2) is 5.65 Å². The SMILES string of the molecule is Cc1oc(-c2ccccc2)nc1CC(=O)Nc1ccc2nncn2c1. The normalized spacial score (nSPS) is 10.9. The third kappa shape index (κ3) is 3.12. The standard InChI is InChI=1S/C18H15N5O2/c1-12-15(21-18(25-12)13-5-3-2-4-6-13)9-17(24)20-14-7-8-16-22-19-11-23(16)10-14/h2-8,10-11H,9H2,1H3,(H,20,24). The number of pyridine rings is 1. The van der Waals surface area contributed by atoms with Crippen LogP contribution in [0.1, 0.15) is 11.5 Å². The van der Waals surface area contributed by atoms with E-state index in [2.05, 4.69) is 20.5 Å². The van der Waals surface area contributed by atoms with E-state index in [-0.39, 0.29) is 12.3 Å². The van der Waals surface area contributed by atoms with Crippen molar-refractivity contribution in [1.29, 1.82) is 0 Å². The molecular formula is C18H15N5O2. The van der Waals surface area contributed by atoms with Crippen molar-refractivity contribution >= 4 is 17.2 Å². The highest BCUT2D eigenvalue weighted by Crippen LogP contribution is 2.22. The molecule has 4 rings (SSSR count). The van der Waals surface area contributed by atoms with Crippen LogP contribution in [0.4, 0.5) is 5.69 Å². The van der Waals surface area contributed by atoms with Gasteiger partial charge in [-0.15, -0.1) is 10.2 Å². The second-order valence-electron chi connectivity index (χ2n) is 5.63. The van der Waals surface area contributed by atoms with Crippen molar-refractivity contribution in [2.75, 3.05) is 5.32 Å². The molecule has 0 unspecified atom stereocenters. The van der Waals surface area contributed by atoms with Gasteiger partial charge in [0.25, 0.3) is 0 Å². The Kier molecular flexibility index (Phi) is 3.74. The van der Waals surface area contributed by atoms with E-state index in [1.807, 2.05) is 37.3 Å². The van der Waals surface area contributed by atoms with Crippen molar-refractivity contribution in [1.82, 2.24) is 19.6 Å². The van der Waals surface area contributed by atoms with E-state index in [4.69, 9.17) is 4.42 Å². The molecule has 0 aliphatic rings. The van der Waals surface area contributed by atoms with E-state index >= 15 is 0 Å². The molecule has 0 atom stereocenters. The van der Waals surface area contributed by atoms with Crippen LogP contribution >= 0.6 is 0 Å². The third-order valence-corrected chi connectivity index (χ3v) is 3.82. The zero-order valence-electron chi connectivity index (χ0n) is 13.5. The maximum atomic E-state index is 12.3. The zero-order chi connectivity index (χ0) is 17.2. The Morgan fingerprint density at radius 3 is 2.88 bits per heavy atom. The number of carbonyl (C=O) groups is 1. The fourth-order valence-corrected chi connectivity index (χ4v) is 2.55. The second-order valence-corrected chi connectivity index (χ2v) is 5.63. The summed E-state index contributed by atoms with van der Waals surface area (Å²) in [6, 6.07) is 13.2. The summed E-state index contributed by atoms with van der Waals surface area (Å²) in [4.78, 5) is 16.8. The van der Waals surface area contributed by atoms with Gasteiger partial charge in [0, 0.05) is 11.8 Å². The number of carbonyl (C=O) groups excluding carboxylic acids is 1. The highest BCUT2D eigenvalue weighted by molar-refractivity contribution is 5.92. The zero-order valence-corrected chi connectivity index (χ0v) is 13.5. The van der Waals surface area contributed by atoms with Crippen LogP contribution in [0.25, 0.3) is 17.1 Å². The fraction of sp³-hybridized carbons (Fsp3) is 0.111. The molecule has 7 heteroatoms. The smallest absolute Gasteiger partial charge is 0.230 e. The van der Waals surface area contributed by atoms with Crippen LogP contribution in [0, 0.1) is 6.92 Å². The van der Waals surface area contributed by atoms with E-state index in [0.29, 0.717) is 23.0 Å². The minimum Gasteiger partial charge on any atom is -0.441 e. The molecule has 1 N–H and O–H groups in total. The summed E-state index contributed by atoms with van der Waals surface area (Å²) in [5.41, 5.74) is 2.90. The van der Waals surface area contributed by atoms with E-state index in [1.165, 1.54) is 0 Å². The van der Waals surface area contributed by atoms with E-state index in [0.717, 1.165) is 11.2 Å². The van der Waals surface area contributed by atoms with Gasteiger partial charge < -0.3 is 9.73 Å². The van der Waals surface area contributed by atoms with Crippen molar-refractivity contribution < 1.29 is 9.21 Å². The molecule has 0 spiro atoms. The lowest BCUT2D eigenvalue weighted by Crippen LogP contribution is -2.15. The van der Waals surface area contributed by atoms with Gasteiger partial charge in [-0.25, -0.2) is 4.98 Å². The number of aryl methyl sites for hydroxylation is 1. The summed E-state index contributed by atoms with van der Waals surface area (Å²) in [7, 11) is 0. The third-order valence-electron chi connectivity index (χ3n) is 3.82. The number of benzene rings is 1. The summed E-state index contributed by atoms with van der Waals surface area (Å²) in [6.45, 7) is 1.81. The second kappa shape index (κ2) is 6.20.